The van der Waals surface area contributed by atoms with Crippen molar-refractivity contribution in [3.63, 3.8) is 0 Å². The van der Waals surface area contributed by atoms with Gasteiger partial charge in [0, 0.05) is 18.5 Å². The van der Waals surface area contributed by atoms with Gasteiger partial charge in [0.05, 0.1) is 6.61 Å². The van der Waals surface area contributed by atoms with Gasteiger partial charge in [-0.2, -0.15) is 0 Å². The summed E-state index contributed by atoms with van der Waals surface area (Å²) in [5.41, 5.74) is 8.38. The van der Waals surface area contributed by atoms with Crippen molar-refractivity contribution >= 4 is 17.5 Å². The molecule has 1 aromatic heterocycles. The SMILES string of the molecule is CCCc1nc(NN)c(C)c(NCCOCC(N)=O)n1. The average molecular weight is 282 g/mol. The maximum atomic E-state index is 10.5. The lowest BCUT2D eigenvalue weighted by atomic mass is 10.2. The van der Waals surface area contributed by atoms with Gasteiger partial charge in [0.2, 0.25) is 5.91 Å². The molecule has 0 aliphatic heterocycles. The molecule has 0 aliphatic carbocycles. The fourth-order valence-corrected chi connectivity index (χ4v) is 1.63. The number of hydrogen-bond acceptors (Lipinski definition) is 7. The first-order valence-electron chi connectivity index (χ1n) is 6.52. The minimum Gasteiger partial charge on any atom is -0.370 e. The third-order valence-electron chi connectivity index (χ3n) is 2.59. The van der Waals surface area contributed by atoms with Crippen LogP contribution >= 0.6 is 0 Å². The normalized spacial score (nSPS) is 10.3. The molecule has 1 rings (SSSR count). The van der Waals surface area contributed by atoms with Crippen LogP contribution in [0.15, 0.2) is 0 Å². The summed E-state index contributed by atoms with van der Waals surface area (Å²) < 4.78 is 5.07. The number of nitrogens with zero attached hydrogens (tertiary/aromatic N) is 2. The van der Waals surface area contributed by atoms with Crippen LogP contribution in [0, 0.1) is 6.92 Å². The van der Waals surface area contributed by atoms with Gasteiger partial charge in [-0.25, -0.2) is 15.8 Å². The van der Waals surface area contributed by atoms with E-state index < -0.39 is 5.91 Å². The molecule has 0 bridgehead atoms. The first kappa shape index (κ1) is 16.1. The van der Waals surface area contributed by atoms with E-state index in [1.54, 1.807) is 0 Å². The maximum Gasteiger partial charge on any atom is 0.243 e. The van der Waals surface area contributed by atoms with Crippen molar-refractivity contribution in [3.05, 3.63) is 11.4 Å². The summed E-state index contributed by atoms with van der Waals surface area (Å²) >= 11 is 0. The molecule has 8 nitrogen and oxygen atoms in total. The lowest BCUT2D eigenvalue weighted by Crippen LogP contribution is -2.21. The second-order valence-electron chi connectivity index (χ2n) is 4.30. The Bertz CT molecular complexity index is 452. The Morgan fingerprint density at radius 1 is 1.35 bits per heavy atom. The van der Waals surface area contributed by atoms with E-state index in [1.807, 2.05) is 6.92 Å². The number of primary amides is 1. The number of rotatable bonds is 9. The van der Waals surface area contributed by atoms with Crippen LogP contribution in [-0.4, -0.2) is 35.6 Å². The van der Waals surface area contributed by atoms with Crippen LogP contribution < -0.4 is 22.3 Å². The number of aromatic nitrogens is 2. The van der Waals surface area contributed by atoms with Gasteiger partial charge in [-0.1, -0.05) is 6.92 Å². The number of amides is 1. The van der Waals surface area contributed by atoms with Crippen molar-refractivity contribution in [2.75, 3.05) is 30.5 Å². The Balaban J connectivity index is 2.63. The van der Waals surface area contributed by atoms with Crippen LogP contribution in [0.2, 0.25) is 0 Å². The van der Waals surface area contributed by atoms with E-state index in [0.29, 0.717) is 24.8 Å². The highest BCUT2D eigenvalue weighted by Crippen LogP contribution is 2.19. The number of carbonyl (C=O) groups excluding carboxylic acids is 1. The first-order chi connectivity index (χ1) is 9.58. The van der Waals surface area contributed by atoms with E-state index in [2.05, 4.69) is 27.6 Å². The third-order valence-corrected chi connectivity index (χ3v) is 2.59. The quantitative estimate of drug-likeness (QED) is 0.283. The second-order valence-corrected chi connectivity index (χ2v) is 4.30. The topological polar surface area (TPSA) is 128 Å². The zero-order chi connectivity index (χ0) is 15.0. The molecule has 6 N–H and O–H groups in total. The van der Waals surface area contributed by atoms with E-state index >= 15 is 0 Å². The monoisotopic (exact) mass is 282 g/mol. The molecule has 0 atom stereocenters. The number of hydrazine groups is 1. The number of hydrogen-bond donors (Lipinski definition) is 4. The van der Waals surface area contributed by atoms with Gasteiger partial charge >= 0.3 is 0 Å². The summed E-state index contributed by atoms with van der Waals surface area (Å²) in [6.45, 7) is 4.73. The minimum absolute atomic E-state index is 0.0822. The summed E-state index contributed by atoms with van der Waals surface area (Å²) in [7, 11) is 0. The molecule has 0 unspecified atom stereocenters. The fraction of sp³-hybridized carbons (Fsp3) is 0.583. The zero-order valence-electron chi connectivity index (χ0n) is 11.9. The highest BCUT2D eigenvalue weighted by Gasteiger charge is 2.09. The summed E-state index contributed by atoms with van der Waals surface area (Å²) in [5, 5.41) is 3.14. The molecule has 8 heteroatoms. The van der Waals surface area contributed by atoms with E-state index in [4.69, 9.17) is 16.3 Å². The van der Waals surface area contributed by atoms with Crippen molar-refractivity contribution in [3.8, 4) is 0 Å². The molecule has 0 aliphatic rings. The number of aryl methyl sites for hydroxylation is 1. The van der Waals surface area contributed by atoms with Gasteiger partial charge in [-0.3, -0.25) is 4.79 Å². The van der Waals surface area contributed by atoms with Crippen molar-refractivity contribution in [2.24, 2.45) is 11.6 Å². The number of nitrogens with two attached hydrogens (primary N) is 2. The van der Waals surface area contributed by atoms with Crippen molar-refractivity contribution in [2.45, 2.75) is 26.7 Å². The molecule has 112 valence electrons. The maximum absolute atomic E-state index is 10.5. The molecule has 20 heavy (non-hydrogen) atoms. The zero-order valence-corrected chi connectivity index (χ0v) is 11.9. The van der Waals surface area contributed by atoms with Crippen molar-refractivity contribution < 1.29 is 9.53 Å². The number of nitrogen functional groups attached to an aromatic ring is 1. The standard InChI is InChI=1S/C12H22N6O2/c1-3-4-10-16-11(8(2)12(17-10)18-14)15-5-6-20-7-9(13)19/h3-7,14H2,1-2H3,(H2,13,19)(H2,15,16,17,18). The minimum atomic E-state index is -0.483. The van der Waals surface area contributed by atoms with Crippen molar-refractivity contribution in [1.82, 2.24) is 9.97 Å². The van der Waals surface area contributed by atoms with Crippen LogP contribution in [0.1, 0.15) is 24.7 Å². The first-order valence-corrected chi connectivity index (χ1v) is 6.52. The Morgan fingerprint density at radius 2 is 2.05 bits per heavy atom. The van der Waals surface area contributed by atoms with Gasteiger partial charge < -0.3 is 21.2 Å². The number of ether oxygens (including phenoxy) is 1. The molecular weight excluding hydrogens is 260 g/mol. The summed E-state index contributed by atoms with van der Waals surface area (Å²) in [6.07, 6.45) is 1.73. The highest BCUT2D eigenvalue weighted by atomic mass is 16.5. The summed E-state index contributed by atoms with van der Waals surface area (Å²) in [4.78, 5) is 19.3. The van der Waals surface area contributed by atoms with Crippen LogP contribution in [0.3, 0.4) is 0 Å². The largest absolute Gasteiger partial charge is 0.370 e. The Kier molecular flexibility index (Phi) is 6.68. The Morgan fingerprint density at radius 3 is 2.65 bits per heavy atom. The predicted octanol–water partition coefficient (Wildman–Crippen LogP) is -0.0631. The number of anilines is 2. The molecule has 1 aromatic rings. The third kappa shape index (κ3) is 4.98. The lowest BCUT2D eigenvalue weighted by Gasteiger charge is -2.13. The average Bonchev–Trinajstić information content (AvgIpc) is 2.41. The molecular formula is C12H22N6O2. The molecule has 0 saturated heterocycles. The van der Waals surface area contributed by atoms with Crippen LogP contribution in [0.5, 0.6) is 0 Å². The van der Waals surface area contributed by atoms with E-state index in [9.17, 15) is 4.79 Å². The predicted molar refractivity (Wildman–Crippen MR) is 77.1 cm³/mol. The Hall–Kier alpha value is -1.93. The lowest BCUT2D eigenvalue weighted by molar-refractivity contribution is -0.122. The van der Waals surface area contributed by atoms with Crippen LogP contribution in [-0.2, 0) is 16.0 Å². The number of carbonyl (C=O) groups is 1. The van der Waals surface area contributed by atoms with Gasteiger partial charge in [0.25, 0.3) is 0 Å². The van der Waals surface area contributed by atoms with Gasteiger partial charge in [-0.15, -0.1) is 0 Å². The smallest absolute Gasteiger partial charge is 0.243 e. The fourth-order valence-electron chi connectivity index (χ4n) is 1.63. The molecule has 1 amide bonds. The molecule has 1 heterocycles. The summed E-state index contributed by atoms with van der Waals surface area (Å²) in [6, 6.07) is 0. The van der Waals surface area contributed by atoms with Gasteiger partial charge in [-0.05, 0) is 13.3 Å². The highest BCUT2D eigenvalue weighted by molar-refractivity contribution is 5.74. The van der Waals surface area contributed by atoms with Crippen LogP contribution in [0.4, 0.5) is 11.6 Å². The molecule has 0 aromatic carbocycles. The van der Waals surface area contributed by atoms with E-state index in [1.165, 1.54) is 0 Å². The summed E-state index contributed by atoms with van der Waals surface area (Å²) in [5.74, 6) is 7.00. The van der Waals surface area contributed by atoms with Gasteiger partial charge in [0.15, 0.2) is 0 Å². The molecule has 0 saturated carbocycles. The van der Waals surface area contributed by atoms with Crippen LogP contribution in [0.25, 0.3) is 0 Å². The van der Waals surface area contributed by atoms with E-state index in [0.717, 1.165) is 24.2 Å². The molecule has 0 radical (unpaired) electrons. The Labute approximate surface area is 118 Å². The number of nitrogens with one attached hydrogen (secondary N) is 2. The van der Waals surface area contributed by atoms with Gasteiger partial charge in [0.1, 0.15) is 24.1 Å². The second kappa shape index (κ2) is 8.28. The molecule has 0 spiro atoms. The molecule has 0 fully saturated rings. The van der Waals surface area contributed by atoms with E-state index in [-0.39, 0.29) is 6.61 Å². The van der Waals surface area contributed by atoms with Crippen molar-refractivity contribution in [1.29, 1.82) is 0 Å².